The summed E-state index contributed by atoms with van der Waals surface area (Å²) >= 11 is 0. The van der Waals surface area contributed by atoms with Crippen LogP contribution >= 0.6 is 0 Å². The quantitative estimate of drug-likeness (QED) is 0.883. The third-order valence-corrected chi connectivity index (χ3v) is 4.74. The summed E-state index contributed by atoms with van der Waals surface area (Å²) in [5, 5.41) is 12.4. The van der Waals surface area contributed by atoms with Gasteiger partial charge in [0.2, 0.25) is 0 Å². The van der Waals surface area contributed by atoms with Gasteiger partial charge in [-0.1, -0.05) is 19.1 Å². The summed E-state index contributed by atoms with van der Waals surface area (Å²) in [6, 6.07) is 15.9. The predicted octanol–water partition coefficient (Wildman–Crippen LogP) is 4.34. The SMILES string of the molecule is CCc1cccc(OC2CCN(C)CC2)c1Nc1ccc(C#N)cc1. The van der Waals surface area contributed by atoms with E-state index < -0.39 is 0 Å². The molecule has 0 aromatic heterocycles. The molecule has 4 nitrogen and oxygen atoms in total. The molecule has 0 amide bonds. The average molecular weight is 335 g/mol. The number of para-hydroxylation sites is 1. The third-order valence-electron chi connectivity index (χ3n) is 4.74. The van der Waals surface area contributed by atoms with Crippen LogP contribution in [0.5, 0.6) is 5.75 Å². The molecule has 1 saturated heterocycles. The zero-order chi connectivity index (χ0) is 17.6. The van der Waals surface area contributed by atoms with Crippen molar-refractivity contribution in [1.82, 2.24) is 4.90 Å². The minimum atomic E-state index is 0.268. The number of hydrogen-bond acceptors (Lipinski definition) is 4. The number of nitrogens with zero attached hydrogens (tertiary/aromatic N) is 2. The molecule has 2 aromatic rings. The van der Waals surface area contributed by atoms with Gasteiger partial charge in [0.05, 0.1) is 17.3 Å². The maximum absolute atomic E-state index is 8.95. The maximum atomic E-state index is 8.95. The standard InChI is InChI=1S/C21H25N3O/c1-3-17-5-4-6-20(25-19-11-13-24(2)14-12-19)21(17)23-18-9-7-16(15-22)8-10-18/h4-10,19,23H,3,11-14H2,1-2H3. The predicted molar refractivity (Wildman–Crippen MR) is 101 cm³/mol. The van der Waals surface area contributed by atoms with E-state index in [2.05, 4.69) is 42.4 Å². The number of anilines is 2. The van der Waals surface area contributed by atoms with E-state index in [-0.39, 0.29) is 6.10 Å². The fraction of sp³-hybridized carbons (Fsp3) is 0.381. The van der Waals surface area contributed by atoms with Gasteiger partial charge in [0.25, 0.3) is 0 Å². The molecule has 0 bridgehead atoms. The van der Waals surface area contributed by atoms with Gasteiger partial charge < -0.3 is 15.0 Å². The Hall–Kier alpha value is -2.51. The molecule has 2 aromatic carbocycles. The number of hydrogen-bond donors (Lipinski definition) is 1. The minimum absolute atomic E-state index is 0.268. The van der Waals surface area contributed by atoms with Gasteiger partial charge in [-0.2, -0.15) is 5.26 Å². The summed E-state index contributed by atoms with van der Waals surface area (Å²) < 4.78 is 6.35. The number of nitrogens with one attached hydrogen (secondary N) is 1. The van der Waals surface area contributed by atoms with Crippen LogP contribution in [0.25, 0.3) is 0 Å². The monoisotopic (exact) mass is 335 g/mol. The Balaban J connectivity index is 1.82. The van der Waals surface area contributed by atoms with Gasteiger partial charge >= 0.3 is 0 Å². The lowest BCUT2D eigenvalue weighted by molar-refractivity contribution is 0.115. The van der Waals surface area contributed by atoms with Crippen molar-refractivity contribution in [2.24, 2.45) is 0 Å². The Kier molecular flexibility index (Phi) is 5.57. The molecule has 130 valence electrons. The minimum Gasteiger partial charge on any atom is -0.488 e. The lowest BCUT2D eigenvalue weighted by Crippen LogP contribution is -2.35. The summed E-state index contributed by atoms with van der Waals surface area (Å²) in [5.41, 5.74) is 3.90. The molecule has 0 aliphatic carbocycles. The molecule has 0 spiro atoms. The van der Waals surface area contributed by atoms with Gasteiger partial charge in [-0.3, -0.25) is 0 Å². The van der Waals surface area contributed by atoms with Gasteiger partial charge in [0.15, 0.2) is 0 Å². The number of rotatable bonds is 5. The summed E-state index contributed by atoms with van der Waals surface area (Å²) in [5.74, 6) is 0.915. The van der Waals surface area contributed by atoms with Crippen LogP contribution < -0.4 is 10.1 Å². The van der Waals surface area contributed by atoms with Crippen molar-refractivity contribution in [1.29, 1.82) is 5.26 Å². The molecular weight excluding hydrogens is 310 g/mol. The lowest BCUT2D eigenvalue weighted by Gasteiger charge is -2.30. The lowest BCUT2D eigenvalue weighted by atomic mass is 10.1. The first-order valence-electron chi connectivity index (χ1n) is 8.94. The summed E-state index contributed by atoms with van der Waals surface area (Å²) in [4.78, 5) is 2.35. The highest BCUT2D eigenvalue weighted by atomic mass is 16.5. The van der Waals surface area contributed by atoms with Crippen LogP contribution in [-0.2, 0) is 6.42 Å². The Labute approximate surface area is 150 Å². The molecule has 1 aliphatic heterocycles. The fourth-order valence-electron chi connectivity index (χ4n) is 3.17. The van der Waals surface area contributed by atoms with Crippen LogP contribution in [0.3, 0.4) is 0 Å². The summed E-state index contributed by atoms with van der Waals surface area (Å²) in [6.45, 7) is 4.31. The highest BCUT2D eigenvalue weighted by Crippen LogP contribution is 2.33. The molecule has 0 saturated carbocycles. The molecule has 1 aliphatic rings. The molecular formula is C21H25N3O. The van der Waals surface area contributed by atoms with Crippen molar-refractivity contribution in [3.8, 4) is 11.8 Å². The first-order valence-corrected chi connectivity index (χ1v) is 8.94. The highest BCUT2D eigenvalue weighted by molar-refractivity contribution is 5.70. The van der Waals surface area contributed by atoms with E-state index in [0.717, 1.165) is 49.5 Å². The second-order valence-corrected chi connectivity index (χ2v) is 6.58. The van der Waals surface area contributed by atoms with E-state index >= 15 is 0 Å². The second kappa shape index (κ2) is 8.04. The molecule has 0 radical (unpaired) electrons. The number of aryl methyl sites for hydroxylation is 1. The first kappa shape index (κ1) is 17.3. The van der Waals surface area contributed by atoms with Gasteiger partial charge in [-0.25, -0.2) is 0 Å². The summed E-state index contributed by atoms with van der Waals surface area (Å²) in [7, 11) is 2.16. The van der Waals surface area contributed by atoms with Gasteiger partial charge in [0.1, 0.15) is 11.9 Å². The van der Waals surface area contributed by atoms with Crippen LogP contribution in [0.4, 0.5) is 11.4 Å². The van der Waals surface area contributed by atoms with Crippen LogP contribution in [0, 0.1) is 11.3 Å². The summed E-state index contributed by atoms with van der Waals surface area (Å²) in [6.07, 6.45) is 3.32. The third kappa shape index (κ3) is 4.32. The van der Waals surface area contributed by atoms with Crippen LogP contribution in [0.2, 0.25) is 0 Å². The number of piperidine rings is 1. The Morgan fingerprint density at radius 3 is 2.52 bits per heavy atom. The number of nitriles is 1. The molecule has 1 heterocycles. The second-order valence-electron chi connectivity index (χ2n) is 6.58. The topological polar surface area (TPSA) is 48.3 Å². The Morgan fingerprint density at radius 2 is 1.88 bits per heavy atom. The van der Waals surface area contributed by atoms with E-state index in [4.69, 9.17) is 10.00 Å². The van der Waals surface area contributed by atoms with Crippen molar-refractivity contribution in [3.05, 3.63) is 53.6 Å². The van der Waals surface area contributed by atoms with E-state index in [1.807, 2.05) is 30.3 Å². The normalized spacial score (nSPS) is 15.6. The van der Waals surface area contributed by atoms with Crippen LogP contribution in [-0.4, -0.2) is 31.1 Å². The average Bonchev–Trinajstić information content (AvgIpc) is 2.65. The Morgan fingerprint density at radius 1 is 1.16 bits per heavy atom. The molecule has 0 unspecified atom stereocenters. The van der Waals surface area contributed by atoms with E-state index in [0.29, 0.717) is 5.56 Å². The van der Waals surface area contributed by atoms with E-state index in [9.17, 15) is 0 Å². The van der Waals surface area contributed by atoms with Crippen LogP contribution in [0.15, 0.2) is 42.5 Å². The molecule has 1 fully saturated rings. The largest absolute Gasteiger partial charge is 0.488 e. The van der Waals surface area contributed by atoms with Gasteiger partial charge in [0, 0.05) is 18.8 Å². The van der Waals surface area contributed by atoms with Crippen molar-refractivity contribution < 1.29 is 4.74 Å². The Bertz CT molecular complexity index is 741. The number of ether oxygens (including phenoxy) is 1. The highest BCUT2D eigenvalue weighted by Gasteiger charge is 2.20. The molecule has 4 heteroatoms. The molecule has 3 rings (SSSR count). The zero-order valence-corrected chi connectivity index (χ0v) is 15.0. The smallest absolute Gasteiger partial charge is 0.143 e. The fourth-order valence-corrected chi connectivity index (χ4v) is 3.17. The van der Waals surface area contributed by atoms with E-state index in [1.54, 1.807) is 0 Å². The van der Waals surface area contributed by atoms with Crippen molar-refractivity contribution in [3.63, 3.8) is 0 Å². The zero-order valence-electron chi connectivity index (χ0n) is 15.0. The van der Waals surface area contributed by atoms with Gasteiger partial charge in [-0.05, 0) is 62.2 Å². The van der Waals surface area contributed by atoms with Crippen molar-refractivity contribution >= 4 is 11.4 Å². The number of benzene rings is 2. The maximum Gasteiger partial charge on any atom is 0.143 e. The van der Waals surface area contributed by atoms with Crippen molar-refractivity contribution in [2.75, 3.05) is 25.5 Å². The van der Waals surface area contributed by atoms with Crippen LogP contribution in [0.1, 0.15) is 30.9 Å². The number of likely N-dealkylation sites (tertiary alicyclic amines) is 1. The molecule has 0 atom stereocenters. The first-order chi connectivity index (χ1) is 12.2. The molecule has 1 N–H and O–H groups in total. The van der Waals surface area contributed by atoms with Gasteiger partial charge in [-0.15, -0.1) is 0 Å². The van der Waals surface area contributed by atoms with E-state index in [1.165, 1.54) is 5.56 Å². The van der Waals surface area contributed by atoms with Crippen molar-refractivity contribution in [2.45, 2.75) is 32.3 Å². The molecule has 25 heavy (non-hydrogen) atoms.